The molecule has 1 amide bonds. The maximum atomic E-state index is 16.0. The minimum Gasteiger partial charge on any atom is -0.349 e. The summed E-state index contributed by atoms with van der Waals surface area (Å²) in [4.78, 5) is 19.2. The second kappa shape index (κ2) is 8.76. The van der Waals surface area contributed by atoms with E-state index in [1.165, 1.54) is 6.07 Å². The highest BCUT2D eigenvalue weighted by atomic mass is 19.1. The van der Waals surface area contributed by atoms with Gasteiger partial charge in [-0.3, -0.25) is 9.20 Å². The van der Waals surface area contributed by atoms with Gasteiger partial charge in [-0.25, -0.2) is 18.4 Å². The number of fused-ring (bicyclic) bond motifs is 1. The summed E-state index contributed by atoms with van der Waals surface area (Å²) >= 11 is 0. The predicted molar refractivity (Wildman–Crippen MR) is 137 cm³/mol. The number of halogens is 2. The van der Waals surface area contributed by atoms with Crippen molar-refractivity contribution in [2.24, 2.45) is 0 Å². The lowest BCUT2D eigenvalue weighted by atomic mass is 9.85. The average Bonchev–Trinajstić information content (AvgIpc) is 3.38. The molecule has 0 radical (unpaired) electrons. The molecule has 0 atom stereocenters. The van der Waals surface area contributed by atoms with Gasteiger partial charge in [-0.1, -0.05) is 0 Å². The van der Waals surface area contributed by atoms with Crippen LogP contribution >= 0.6 is 0 Å². The molecule has 2 aliphatic rings. The van der Waals surface area contributed by atoms with Crippen LogP contribution < -0.4 is 5.32 Å². The Kier molecular flexibility index (Phi) is 5.63. The monoisotopic (exact) mass is 504 g/mol. The number of pyridine rings is 1. The molecule has 37 heavy (non-hydrogen) atoms. The number of amides is 1. The van der Waals surface area contributed by atoms with Gasteiger partial charge in [-0.05, 0) is 81.5 Å². The lowest BCUT2D eigenvalue weighted by molar-refractivity contribution is 0.0664. The third-order valence-corrected chi connectivity index (χ3v) is 7.70. The van der Waals surface area contributed by atoms with E-state index >= 15 is 4.39 Å². The highest BCUT2D eigenvalue weighted by Gasteiger charge is 2.37. The molecule has 4 aromatic rings. The Morgan fingerprint density at radius 3 is 2.57 bits per heavy atom. The van der Waals surface area contributed by atoms with Crippen molar-refractivity contribution in [2.45, 2.75) is 51.2 Å². The molecular weight excluding hydrogens is 474 g/mol. The number of piperidine rings is 1. The summed E-state index contributed by atoms with van der Waals surface area (Å²) in [6, 6.07) is 5.03. The van der Waals surface area contributed by atoms with Crippen LogP contribution in [0.15, 0.2) is 43.0 Å². The molecule has 4 heterocycles. The molecule has 0 unspecified atom stereocenters. The summed E-state index contributed by atoms with van der Waals surface area (Å²) in [6.45, 7) is 5.17. The van der Waals surface area contributed by atoms with Crippen molar-refractivity contribution in [3.8, 4) is 16.9 Å². The first-order valence-corrected chi connectivity index (χ1v) is 12.7. The number of alkyl halides is 1. The third kappa shape index (κ3) is 4.31. The van der Waals surface area contributed by atoms with Crippen molar-refractivity contribution in [1.29, 1.82) is 0 Å². The molecule has 7 nitrogen and oxygen atoms in total. The molecule has 9 heteroatoms. The molecular formula is C28H30F2N6O. The van der Waals surface area contributed by atoms with Crippen LogP contribution in [0.25, 0.3) is 22.6 Å². The number of carbonyl (C=O) groups is 1. The van der Waals surface area contributed by atoms with Crippen LogP contribution in [-0.4, -0.2) is 56.2 Å². The number of rotatable bonds is 5. The van der Waals surface area contributed by atoms with Crippen molar-refractivity contribution in [3.05, 3.63) is 71.1 Å². The number of nitrogens with zero attached hydrogens (tertiary/aromatic N) is 5. The average molecular weight is 505 g/mol. The minimum atomic E-state index is -1.38. The Morgan fingerprint density at radius 1 is 1.08 bits per heavy atom. The fourth-order valence-electron chi connectivity index (χ4n) is 5.22. The summed E-state index contributed by atoms with van der Waals surface area (Å²) < 4.78 is 34.2. The SMILES string of the molecule is Cc1cc(F)c(C(=O)NC2CC2)cc1-c1cnn(-c2cnc3cc(C)c(C4(F)CCN(C)CC4)cn23)c1. The van der Waals surface area contributed by atoms with E-state index in [2.05, 4.69) is 20.3 Å². The summed E-state index contributed by atoms with van der Waals surface area (Å²) in [6.07, 6.45) is 9.83. The van der Waals surface area contributed by atoms with E-state index in [1.54, 1.807) is 23.1 Å². The Balaban J connectivity index is 1.36. The van der Waals surface area contributed by atoms with Gasteiger partial charge in [0.25, 0.3) is 5.91 Å². The van der Waals surface area contributed by atoms with Gasteiger partial charge < -0.3 is 10.2 Å². The molecule has 2 fully saturated rings. The standard InChI is InChI=1S/C28H30F2N6O/c1-17-10-24(29)22(27(37)33-20-4-5-20)12-21(17)19-13-32-36(15-19)26-14-31-25-11-18(2)23(16-35(25)26)28(30)6-8-34(3)9-7-28/h10-16,20H,4-9H2,1-3H3,(H,33,37). The molecule has 6 rings (SSSR count). The van der Waals surface area contributed by atoms with Crippen LogP contribution in [0.5, 0.6) is 0 Å². The van der Waals surface area contributed by atoms with Crippen molar-refractivity contribution in [1.82, 2.24) is 29.4 Å². The van der Waals surface area contributed by atoms with Crippen molar-refractivity contribution in [2.75, 3.05) is 20.1 Å². The molecule has 1 aliphatic heterocycles. The Morgan fingerprint density at radius 2 is 1.84 bits per heavy atom. The molecule has 1 aromatic carbocycles. The first kappa shape index (κ1) is 23.8. The van der Waals surface area contributed by atoms with Crippen molar-refractivity contribution >= 4 is 11.6 Å². The van der Waals surface area contributed by atoms with E-state index in [-0.39, 0.29) is 11.6 Å². The van der Waals surface area contributed by atoms with Crippen molar-refractivity contribution < 1.29 is 13.6 Å². The zero-order valence-electron chi connectivity index (χ0n) is 21.3. The quantitative estimate of drug-likeness (QED) is 0.427. The smallest absolute Gasteiger partial charge is 0.254 e. The molecule has 3 aromatic heterocycles. The van der Waals surface area contributed by atoms with Crippen LogP contribution in [0.4, 0.5) is 8.78 Å². The Hall–Kier alpha value is -3.59. The highest BCUT2D eigenvalue weighted by molar-refractivity contribution is 5.96. The Labute approximate surface area is 214 Å². The number of likely N-dealkylation sites (tertiary alicyclic amines) is 1. The van der Waals surface area contributed by atoms with Gasteiger partial charge in [0.15, 0.2) is 5.82 Å². The van der Waals surface area contributed by atoms with E-state index in [4.69, 9.17) is 0 Å². The van der Waals surface area contributed by atoms with Gasteiger partial charge in [0.1, 0.15) is 17.1 Å². The van der Waals surface area contributed by atoms with E-state index in [0.717, 1.165) is 29.5 Å². The number of aryl methyl sites for hydroxylation is 2. The molecule has 1 saturated heterocycles. The molecule has 1 aliphatic carbocycles. The number of hydrogen-bond donors (Lipinski definition) is 1. The first-order chi connectivity index (χ1) is 17.7. The fourth-order valence-corrected chi connectivity index (χ4v) is 5.22. The second-order valence-corrected chi connectivity index (χ2v) is 10.6. The number of carbonyl (C=O) groups excluding carboxylic acids is 1. The first-order valence-electron chi connectivity index (χ1n) is 12.7. The molecule has 1 saturated carbocycles. The molecule has 192 valence electrons. The van der Waals surface area contributed by atoms with Gasteiger partial charge in [-0.2, -0.15) is 5.10 Å². The van der Waals surface area contributed by atoms with Crippen LogP contribution in [-0.2, 0) is 5.67 Å². The summed E-state index contributed by atoms with van der Waals surface area (Å²) in [7, 11) is 2.02. The Bertz CT molecular complexity index is 1510. The van der Waals surface area contributed by atoms with E-state index in [0.29, 0.717) is 48.5 Å². The number of nitrogens with one attached hydrogen (secondary N) is 1. The van der Waals surface area contributed by atoms with Gasteiger partial charge in [0, 0.05) is 42.7 Å². The maximum Gasteiger partial charge on any atom is 0.254 e. The largest absolute Gasteiger partial charge is 0.349 e. The normalized spacial score (nSPS) is 17.9. The van der Waals surface area contributed by atoms with E-state index in [1.807, 2.05) is 43.8 Å². The topological polar surface area (TPSA) is 67.5 Å². The van der Waals surface area contributed by atoms with Gasteiger partial charge in [0.05, 0.1) is 18.0 Å². The minimum absolute atomic E-state index is 0.0292. The summed E-state index contributed by atoms with van der Waals surface area (Å²) in [5.74, 6) is -0.261. The lowest BCUT2D eigenvalue weighted by Gasteiger charge is -2.35. The number of hydrogen-bond acceptors (Lipinski definition) is 4. The number of benzene rings is 1. The fraction of sp³-hybridized carbons (Fsp3) is 0.393. The van der Waals surface area contributed by atoms with E-state index < -0.39 is 17.4 Å². The molecule has 0 bridgehead atoms. The van der Waals surface area contributed by atoms with Gasteiger partial charge in [0.2, 0.25) is 0 Å². The zero-order valence-corrected chi connectivity index (χ0v) is 21.3. The highest BCUT2D eigenvalue weighted by Crippen LogP contribution is 2.39. The van der Waals surface area contributed by atoms with Crippen LogP contribution in [0.2, 0.25) is 0 Å². The predicted octanol–water partition coefficient (Wildman–Crippen LogP) is 4.73. The lowest BCUT2D eigenvalue weighted by Crippen LogP contribution is -2.38. The molecule has 1 N–H and O–H groups in total. The second-order valence-electron chi connectivity index (χ2n) is 10.6. The third-order valence-electron chi connectivity index (χ3n) is 7.70. The van der Waals surface area contributed by atoms with Gasteiger partial charge >= 0.3 is 0 Å². The summed E-state index contributed by atoms with van der Waals surface area (Å²) in [5, 5.41) is 7.39. The molecule has 0 spiro atoms. The number of aromatic nitrogens is 4. The zero-order chi connectivity index (χ0) is 25.9. The maximum absolute atomic E-state index is 16.0. The van der Waals surface area contributed by atoms with Crippen molar-refractivity contribution in [3.63, 3.8) is 0 Å². The van der Waals surface area contributed by atoms with Gasteiger partial charge in [-0.15, -0.1) is 0 Å². The van der Waals surface area contributed by atoms with Crippen LogP contribution in [0.1, 0.15) is 52.7 Å². The summed E-state index contributed by atoms with van der Waals surface area (Å²) in [5.41, 5.74) is 3.10. The number of imidazole rings is 1. The van der Waals surface area contributed by atoms with Crippen LogP contribution in [0.3, 0.4) is 0 Å². The van der Waals surface area contributed by atoms with Crippen LogP contribution in [0, 0.1) is 19.7 Å². The van der Waals surface area contributed by atoms with E-state index in [9.17, 15) is 9.18 Å².